The van der Waals surface area contributed by atoms with E-state index in [1.54, 1.807) is 24.3 Å². The van der Waals surface area contributed by atoms with Crippen LogP contribution in [0.4, 0.5) is 23.7 Å². The molecule has 1 aliphatic carbocycles. The molecule has 1 aliphatic heterocycles. The van der Waals surface area contributed by atoms with E-state index in [0.29, 0.717) is 28.8 Å². The maximum atomic E-state index is 13.3. The first-order valence-electron chi connectivity index (χ1n) is 10.0. The number of urea groups is 1. The normalized spacial score (nSPS) is 20.5. The predicted octanol–water partition coefficient (Wildman–Crippen LogP) is 5.49. The Kier molecular flexibility index (Phi) is 5.08. The molecule has 32 heavy (non-hydrogen) atoms. The Morgan fingerprint density at radius 2 is 1.78 bits per heavy atom. The molecule has 1 N–H and O–H groups in total. The highest BCUT2D eigenvalue weighted by Crippen LogP contribution is 2.46. The Balaban J connectivity index is 1.88. The molecule has 8 heteroatoms. The van der Waals surface area contributed by atoms with Gasteiger partial charge in [-0.25, -0.2) is 4.79 Å². The summed E-state index contributed by atoms with van der Waals surface area (Å²) < 4.78 is 39.9. The number of nitriles is 1. The van der Waals surface area contributed by atoms with E-state index in [4.69, 9.17) is 5.26 Å². The largest absolute Gasteiger partial charge is 0.416 e. The van der Waals surface area contributed by atoms with Crippen molar-refractivity contribution in [2.75, 3.05) is 4.90 Å². The Labute approximate surface area is 183 Å². The number of carbonyl (C=O) groups is 2. The summed E-state index contributed by atoms with van der Waals surface area (Å²) in [6.07, 6.45) is -3.96. The highest BCUT2D eigenvalue weighted by atomic mass is 19.4. The van der Waals surface area contributed by atoms with E-state index in [9.17, 15) is 22.8 Å². The topological polar surface area (TPSA) is 73.2 Å². The minimum Gasteiger partial charge on any atom is -0.326 e. The Morgan fingerprint density at radius 3 is 2.41 bits per heavy atom. The van der Waals surface area contributed by atoms with Gasteiger partial charge in [-0.05, 0) is 47.7 Å². The van der Waals surface area contributed by atoms with E-state index in [1.165, 1.54) is 17.0 Å². The highest BCUT2D eigenvalue weighted by Gasteiger charge is 2.44. The fraction of sp³-hybridized carbons (Fsp3) is 0.292. The molecule has 2 amide bonds. The quantitative estimate of drug-likeness (QED) is 0.672. The summed E-state index contributed by atoms with van der Waals surface area (Å²) in [5.74, 6) is -0.164. The predicted molar refractivity (Wildman–Crippen MR) is 111 cm³/mol. The Bertz CT molecular complexity index is 1170. The van der Waals surface area contributed by atoms with E-state index < -0.39 is 29.2 Å². The summed E-state index contributed by atoms with van der Waals surface area (Å²) in [5, 5.41) is 11.8. The molecule has 0 saturated carbocycles. The van der Waals surface area contributed by atoms with Gasteiger partial charge in [-0.3, -0.25) is 9.69 Å². The number of amides is 2. The highest BCUT2D eigenvalue weighted by molar-refractivity contribution is 6.07. The SMILES string of the molecule is CC1(C)CC(=O)C2=C(C1)N(c1cccc(C(F)(F)F)c1)C(=O)NC2c1ccc(C#N)cc1. The van der Waals surface area contributed by atoms with Crippen LogP contribution in [0.3, 0.4) is 0 Å². The molecule has 164 valence electrons. The standard InChI is InChI=1S/C24H20F3N3O2/c1-23(2)11-18-20(19(31)12-23)21(15-8-6-14(13-28)7-9-15)29-22(32)30(18)17-5-3-4-16(10-17)24(25,26)27/h3-10,21H,11-12H2,1-2H3,(H,29,32). The lowest BCUT2D eigenvalue weighted by atomic mass is 9.72. The number of allylic oxidation sites excluding steroid dienone is 1. The number of Topliss-reactive ketones (excluding diaryl/α,β-unsaturated/α-hetero) is 1. The second-order valence-corrected chi connectivity index (χ2v) is 8.80. The molecule has 0 fully saturated rings. The molecule has 5 nitrogen and oxygen atoms in total. The molecule has 2 aromatic carbocycles. The van der Waals surface area contributed by atoms with Gasteiger partial charge in [0.15, 0.2) is 5.78 Å². The average Bonchev–Trinajstić information content (AvgIpc) is 2.71. The van der Waals surface area contributed by atoms with Gasteiger partial charge in [0, 0.05) is 17.7 Å². The van der Waals surface area contributed by atoms with Crippen LogP contribution in [0.15, 0.2) is 59.8 Å². The van der Waals surface area contributed by atoms with Crippen LogP contribution in [0.1, 0.15) is 49.4 Å². The fourth-order valence-electron chi connectivity index (χ4n) is 4.31. The number of nitrogens with one attached hydrogen (secondary N) is 1. The van der Waals surface area contributed by atoms with Crippen molar-refractivity contribution >= 4 is 17.5 Å². The number of anilines is 1. The van der Waals surface area contributed by atoms with Crippen LogP contribution in [0.2, 0.25) is 0 Å². The maximum Gasteiger partial charge on any atom is 0.416 e. The van der Waals surface area contributed by atoms with Crippen LogP contribution >= 0.6 is 0 Å². The van der Waals surface area contributed by atoms with Crippen molar-refractivity contribution in [3.05, 3.63) is 76.5 Å². The van der Waals surface area contributed by atoms with Gasteiger partial charge in [-0.1, -0.05) is 32.0 Å². The van der Waals surface area contributed by atoms with E-state index >= 15 is 0 Å². The van der Waals surface area contributed by atoms with E-state index in [-0.39, 0.29) is 17.9 Å². The molecule has 0 bridgehead atoms. The molecule has 0 saturated heterocycles. The van der Waals surface area contributed by atoms with E-state index in [1.807, 2.05) is 19.9 Å². The van der Waals surface area contributed by atoms with E-state index in [0.717, 1.165) is 12.1 Å². The van der Waals surface area contributed by atoms with E-state index in [2.05, 4.69) is 5.32 Å². The number of hydrogen-bond acceptors (Lipinski definition) is 3. The van der Waals surface area contributed by atoms with Gasteiger partial charge in [0.2, 0.25) is 0 Å². The second-order valence-electron chi connectivity index (χ2n) is 8.80. The minimum atomic E-state index is -4.56. The minimum absolute atomic E-state index is 0.0496. The van der Waals surface area contributed by atoms with Crippen LogP contribution in [0, 0.1) is 16.7 Å². The van der Waals surface area contributed by atoms with Crippen molar-refractivity contribution in [3.63, 3.8) is 0 Å². The zero-order chi connectivity index (χ0) is 23.3. The van der Waals surface area contributed by atoms with Gasteiger partial charge in [-0.2, -0.15) is 18.4 Å². The first kappa shape index (κ1) is 21.6. The Morgan fingerprint density at radius 1 is 1.09 bits per heavy atom. The van der Waals surface area contributed by atoms with Crippen LogP contribution in [0.5, 0.6) is 0 Å². The number of halogens is 3. The molecule has 1 unspecified atom stereocenters. The first-order chi connectivity index (χ1) is 15.0. The van der Waals surface area contributed by atoms with Crippen LogP contribution in [0.25, 0.3) is 0 Å². The lowest BCUT2D eigenvalue weighted by Gasteiger charge is -2.43. The van der Waals surface area contributed by atoms with Gasteiger partial charge in [0.05, 0.1) is 28.9 Å². The fourth-order valence-corrected chi connectivity index (χ4v) is 4.31. The van der Waals surface area contributed by atoms with Crippen LogP contribution in [-0.4, -0.2) is 11.8 Å². The van der Waals surface area contributed by atoms with Crippen molar-refractivity contribution < 1.29 is 22.8 Å². The summed E-state index contributed by atoms with van der Waals surface area (Å²) in [7, 11) is 0. The van der Waals surface area contributed by atoms with Gasteiger partial charge in [-0.15, -0.1) is 0 Å². The molecule has 0 spiro atoms. The molecule has 0 radical (unpaired) electrons. The first-order valence-corrected chi connectivity index (χ1v) is 10.0. The maximum absolute atomic E-state index is 13.3. The second kappa shape index (κ2) is 7.52. The third-order valence-corrected chi connectivity index (χ3v) is 5.73. The number of carbonyl (C=O) groups excluding carboxylic acids is 2. The van der Waals surface area contributed by atoms with Gasteiger partial charge < -0.3 is 5.32 Å². The van der Waals surface area contributed by atoms with Gasteiger partial charge in [0.25, 0.3) is 0 Å². The molecule has 2 aromatic rings. The lowest BCUT2D eigenvalue weighted by molar-refractivity contribution is -0.137. The third-order valence-electron chi connectivity index (χ3n) is 5.73. The molecular formula is C24H20F3N3O2. The number of rotatable bonds is 2. The number of alkyl halides is 3. The monoisotopic (exact) mass is 439 g/mol. The molecule has 1 heterocycles. The third kappa shape index (κ3) is 3.86. The molecule has 0 aromatic heterocycles. The smallest absolute Gasteiger partial charge is 0.326 e. The van der Waals surface area contributed by atoms with Crippen molar-refractivity contribution in [3.8, 4) is 6.07 Å². The summed E-state index contributed by atoms with van der Waals surface area (Å²) in [4.78, 5) is 27.5. The zero-order valence-electron chi connectivity index (χ0n) is 17.5. The molecule has 4 rings (SSSR count). The summed E-state index contributed by atoms with van der Waals surface area (Å²) in [6, 6.07) is 11.7. The van der Waals surface area contributed by atoms with Crippen LogP contribution < -0.4 is 10.2 Å². The zero-order valence-corrected chi connectivity index (χ0v) is 17.5. The summed E-state index contributed by atoms with van der Waals surface area (Å²) >= 11 is 0. The van der Waals surface area contributed by atoms with Crippen molar-refractivity contribution in [1.82, 2.24) is 5.32 Å². The van der Waals surface area contributed by atoms with Crippen molar-refractivity contribution in [2.24, 2.45) is 5.41 Å². The summed E-state index contributed by atoms with van der Waals surface area (Å²) in [6.45, 7) is 3.78. The molecular weight excluding hydrogens is 419 g/mol. The Hall–Kier alpha value is -3.60. The van der Waals surface area contributed by atoms with Crippen molar-refractivity contribution in [2.45, 2.75) is 38.9 Å². The molecule has 1 atom stereocenters. The van der Waals surface area contributed by atoms with Crippen molar-refractivity contribution in [1.29, 1.82) is 5.26 Å². The van der Waals surface area contributed by atoms with Crippen LogP contribution in [-0.2, 0) is 11.0 Å². The molecule has 2 aliphatic rings. The number of benzene rings is 2. The summed E-state index contributed by atoms with van der Waals surface area (Å²) in [5.41, 5.74) is 0.556. The average molecular weight is 439 g/mol. The van der Waals surface area contributed by atoms with Gasteiger partial charge in [0.1, 0.15) is 0 Å². The number of ketones is 1. The number of hydrogen-bond donors (Lipinski definition) is 1. The lowest BCUT2D eigenvalue weighted by Crippen LogP contribution is -2.51. The van der Waals surface area contributed by atoms with Gasteiger partial charge >= 0.3 is 12.2 Å². The number of nitrogens with zero attached hydrogens (tertiary/aromatic N) is 2.